The smallest absolute Gasteiger partial charge is 0.271 e. The van der Waals surface area contributed by atoms with Gasteiger partial charge >= 0.3 is 0 Å². The minimum Gasteiger partial charge on any atom is -0.396 e. The summed E-state index contributed by atoms with van der Waals surface area (Å²) in [5.41, 5.74) is 11.5. The van der Waals surface area contributed by atoms with E-state index in [-0.39, 0.29) is 5.69 Å². The standard InChI is InChI=1S/C12H20N4O/c1-2-8-4-3-5-9(6-8)16-7-10(13)11(15-16)12(14)17/h7-9H,2-6,13H2,1H3,(H2,14,17). The fourth-order valence-corrected chi connectivity index (χ4v) is 2.66. The Morgan fingerprint density at radius 2 is 2.35 bits per heavy atom. The molecule has 2 rings (SSSR count). The van der Waals surface area contributed by atoms with Crippen LogP contribution in [0.1, 0.15) is 55.6 Å². The molecular formula is C12H20N4O. The first kappa shape index (κ1) is 12.0. The van der Waals surface area contributed by atoms with Gasteiger partial charge in [-0.1, -0.05) is 26.2 Å². The Bertz CT molecular complexity index is 413. The second-order valence-electron chi connectivity index (χ2n) is 4.87. The van der Waals surface area contributed by atoms with Crippen LogP contribution in [0.5, 0.6) is 0 Å². The molecule has 5 nitrogen and oxygen atoms in total. The van der Waals surface area contributed by atoms with Gasteiger partial charge in [0.1, 0.15) is 0 Å². The van der Waals surface area contributed by atoms with Gasteiger partial charge < -0.3 is 11.5 Å². The van der Waals surface area contributed by atoms with E-state index in [9.17, 15) is 4.79 Å². The topological polar surface area (TPSA) is 86.9 Å². The van der Waals surface area contributed by atoms with E-state index in [0.29, 0.717) is 11.7 Å². The van der Waals surface area contributed by atoms with Crippen molar-refractivity contribution in [3.63, 3.8) is 0 Å². The molecule has 1 fully saturated rings. The third kappa shape index (κ3) is 2.43. The first-order valence-corrected chi connectivity index (χ1v) is 6.26. The van der Waals surface area contributed by atoms with Crippen molar-refractivity contribution in [2.24, 2.45) is 11.7 Å². The summed E-state index contributed by atoms with van der Waals surface area (Å²) in [5.74, 6) is 0.209. The zero-order chi connectivity index (χ0) is 12.4. The normalized spacial score (nSPS) is 24.8. The molecule has 4 N–H and O–H groups in total. The molecule has 1 aromatic rings. The van der Waals surface area contributed by atoms with Crippen LogP contribution >= 0.6 is 0 Å². The molecule has 2 unspecified atom stereocenters. The number of carbonyl (C=O) groups excluding carboxylic acids is 1. The highest BCUT2D eigenvalue weighted by Gasteiger charge is 2.24. The Morgan fingerprint density at radius 3 is 2.94 bits per heavy atom. The second kappa shape index (κ2) is 4.77. The van der Waals surface area contributed by atoms with E-state index < -0.39 is 5.91 Å². The summed E-state index contributed by atoms with van der Waals surface area (Å²) in [6, 6.07) is 0.365. The molecule has 17 heavy (non-hydrogen) atoms. The van der Waals surface area contributed by atoms with Gasteiger partial charge in [0.15, 0.2) is 5.69 Å². The highest BCUT2D eigenvalue weighted by Crippen LogP contribution is 2.34. The first-order valence-electron chi connectivity index (χ1n) is 6.26. The molecule has 2 atom stereocenters. The van der Waals surface area contributed by atoms with Gasteiger partial charge in [-0.05, 0) is 18.8 Å². The molecule has 0 radical (unpaired) electrons. The van der Waals surface area contributed by atoms with Crippen molar-refractivity contribution in [3.05, 3.63) is 11.9 Å². The van der Waals surface area contributed by atoms with E-state index >= 15 is 0 Å². The van der Waals surface area contributed by atoms with Crippen LogP contribution in [-0.4, -0.2) is 15.7 Å². The summed E-state index contributed by atoms with van der Waals surface area (Å²) in [7, 11) is 0. The van der Waals surface area contributed by atoms with Crippen molar-refractivity contribution < 1.29 is 4.79 Å². The van der Waals surface area contributed by atoms with Gasteiger partial charge in [-0.15, -0.1) is 0 Å². The van der Waals surface area contributed by atoms with Crippen molar-refractivity contribution in [2.45, 2.75) is 45.1 Å². The van der Waals surface area contributed by atoms with Crippen molar-refractivity contribution in [1.29, 1.82) is 0 Å². The fraction of sp³-hybridized carbons (Fsp3) is 0.667. The van der Waals surface area contributed by atoms with Gasteiger partial charge in [-0.25, -0.2) is 0 Å². The Morgan fingerprint density at radius 1 is 1.59 bits per heavy atom. The summed E-state index contributed by atoms with van der Waals surface area (Å²) in [5, 5.41) is 4.22. The molecule has 0 saturated heterocycles. The van der Waals surface area contributed by atoms with Gasteiger partial charge in [0.05, 0.1) is 11.7 Å². The summed E-state index contributed by atoms with van der Waals surface area (Å²) in [4.78, 5) is 11.1. The average molecular weight is 236 g/mol. The molecule has 1 saturated carbocycles. The minimum atomic E-state index is -0.552. The van der Waals surface area contributed by atoms with Gasteiger partial charge in [0.25, 0.3) is 5.91 Å². The van der Waals surface area contributed by atoms with Gasteiger partial charge in [-0.3, -0.25) is 9.48 Å². The molecular weight excluding hydrogens is 216 g/mol. The quantitative estimate of drug-likeness (QED) is 0.837. The maximum atomic E-state index is 11.1. The maximum Gasteiger partial charge on any atom is 0.271 e. The third-order valence-electron chi connectivity index (χ3n) is 3.70. The molecule has 1 aliphatic rings. The van der Waals surface area contributed by atoms with Gasteiger partial charge in [0, 0.05) is 6.20 Å². The van der Waals surface area contributed by atoms with Crippen molar-refractivity contribution in [3.8, 4) is 0 Å². The molecule has 0 spiro atoms. The van der Waals surface area contributed by atoms with Crippen LogP contribution in [0.4, 0.5) is 5.69 Å². The number of aromatic nitrogens is 2. The van der Waals surface area contributed by atoms with Crippen LogP contribution in [0.15, 0.2) is 6.20 Å². The second-order valence-corrected chi connectivity index (χ2v) is 4.87. The molecule has 1 aromatic heterocycles. The van der Waals surface area contributed by atoms with E-state index in [2.05, 4.69) is 12.0 Å². The molecule has 1 heterocycles. The van der Waals surface area contributed by atoms with Crippen LogP contribution < -0.4 is 11.5 Å². The Balaban J connectivity index is 2.16. The summed E-state index contributed by atoms with van der Waals surface area (Å²) >= 11 is 0. The zero-order valence-corrected chi connectivity index (χ0v) is 10.2. The van der Waals surface area contributed by atoms with Crippen molar-refractivity contribution >= 4 is 11.6 Å². The van der Waals surface area contributed by atoms with E-state index in [1.807, 2.05) is 4.68 Å². The SMILES string of the molecule is CCC1CCCC(n2cc(N)c(C(N)=O)n2)C1. The average Bonchev–Trinajstić information content (AvgIpc) is 2.71. The van der Waals surface area contributed by atoms with Crippen LogP contribution in [0.25, 0.3) is 0 Å². The van der Waals surface area contributed by atoms with E-state index in [4.69, 9.17) is 11.5 Å². The van der Waals surface area contributed by atoms with Crippen molar-refractivity contribution in [1.82, 2.24) is 9.78 Å². The Hall–Kier alpha value is -1.52. The molecule has 1 aliphatic carbocycles. The lowest BCUT2D eigenvalue weighted by molar-refractivity contribution is 0.0994. The van der Waals surface area contributed by atoms with E-state index in [0.717, 1.165) is 18.8 Å². The molecule has 1 amide bonds. The van der Waals surface area contributed by atoms with Gasteiger partial charge in [0.2, 0.25) is 0 Å². The van der Waals surface area contributed by atoms with Crippen LogP contribution in [0.2, 0.25) is 0 Å². The monoisotopic (exact) mass is 236 g/mol. The lowest BCUT2D eigenvalue weighted by Crippen LogP contribution is -2.20. The summed E-state index contributed by atoms with van der Waals surface area (Å²) < 4.78 is 1.83. The molecule has 0 aromatic carbocycles. The van der Waals surface area contributed by atoms with E-state index in [1.165, 1.54) is 19.3 Å². The fourth-order valence-electron chi connectivity index (χ4n) is 2.66. The summed E-state index contributed by atoms with van der Waals surface area (Å²) in [6.45, 7) is 2.22. The van der Waals surface area contributed by atoms with E-state index in [1.54, 1.807) is 6.20 Å². The zero-order valence-electron chi connectivity index (χ0n) is 10.2. The van der Waals surface area contributed by atoms with Gasteiger partial charge in [-0.2, -0.15) is 5.10 Å². The Labute approximate surface area is 101 Å². The number of primary amides is 1. The lowest BCUT2D eigenvalue weighted by atomic mass is 9.84. The molecule has 0 bridgehead atoms. The first-order chi connectivity index (χ1) is 8.11. The minimum absolute atomic E-state index is 0.198. The largest absolute Gasteiger partial charge is 0.396 e. The number of nitrogens with zero attached hydrogens (tertiary/aromatic N) is 2. The number of carbonyl (C=O) groups is 1. The predicted molar refractivity (Wildman–Crippen MR) is 66.4 cm³/mol. The molecule has 94 valence electrons. The number of hydrogen-bond donors (Lipinski definition) is 2. The van der Waals surface area contributed by atoms with Crippen LogP contribution in [-0.2, 0) is 0 Å². The number of anilines is 1. The predicted octanol–water partition coefficient (Wildman–Crippen LogP) is 1.71. The number of nitrogen functional groups attached to an aromatic ring is 1. The number of rotatable bonds is 3. The number of nitrogens with two attached hydrogens (primary N) is 2. The lowest BCUT2D eigenvalue weighted by Gasteiger charge is -2.28. The third-order valence-corrected chi connectivity index (χ3v) is 3.70. The molecule has 0 aliphatic heterocycles. The van der Waals surface area contributed by atoms with Crippen molar-refractivity contribution in [2.75, 3.05) is 5.73 Å². The number of amides is 1. The highest BCUT2D eigenvalue weighted by atomic mass is 16.1. The maximum absolute atomic E-state index is 11.1. The number of hydrogen-bond acceptors (Lipinski definition) is 3. The highest BCUT2D eigenvalue weighted by molar-refractivity contribution is 5.95. The molecule has 5 heteroatoms. The Kier molecular flexibility index (Phi) is 3.36. The van der Waals surface area contributed by atoms with Crippen LogP contribution in [0, 0.1) is 5.92 Å². The summed E-state index contributed by atoms with van der Waals surface area (Å²) in [6.07, 6.45) is 7.69. The van der Waals surface area contributed by atoms with Crippen LogP contribution in [0.3, 0.4) is 0 Å².